The number of likely N-dealkylation sites (tertiary alicyclic amines) is 1. The standard InChI is InChI=1S/C13H24N2O2/c1-10(16)11-3-7-15(8-4-11)12(17)9-13(14)5-2-6-13/h10-11,16H,2-9,14H2,1H3. The van der Waals surface area contributed by atoms with E-state index < -0.39 is 0 Å². The molecule has 0 aromatic rings. The fraction of sp³-hybridized carbons (Fsp3) is 0.923. The highest BCUT2D eigenvalue weighted by Crippen LogP contribution is 2.33. The van der Waals surface area contributed by atoms with E-state index in [1.807, 2.05) is 11.8 Å². The zero-order valence-corrected chi connectivity index (χ0v) is 10.7. The van der Waals surface area contributed by atoms with Gasteiger partial charge in [-0.3, -0.25) is 4.79 Å². The van der Waals surface area contributed by atoms with Gasteiger partial charge in [-0.15, -0.1) is 0 Å². The van der Waals surface area contributed by atoms with Crippen molar-refractivity contribution >= 4 is 5.91 Å². The van der Waals surface area contributed by atoms with E-state index in [4.69, 9.17) is 5.73 Å². The SMILES string of the molecule is CC(O)C1CCN(C(=O)CC2(N)CCC2)CC1. The summed E-state index contributed by atoms with van der Waals surface area (Å²) in [5.41, 5.74) is 5.89. The molecule has 1 unspecified atom stereocenters. The Bertz CT molecular complexity index is 279. The molecule has 3 N–H and O–H groups in total. The normalized spacial score (nSPS) is 26.4. The minimum atomic E-state index is -0.250. The first-order valence-corrected chi connectivity index (χ1v) is 6.75. The van der Waals surface area contributed by atoms with Gasteiger partial charge in [0, 0.05) is 25.0 Å². The molecule has 2 rings (SSSR count). The lowest BCUT2D eigenvalue weighted by Gasteiger charge is -2.40. The second-order valence-corrected chi connectivity index (χ2v) is 5.85. The maximum Gasteiger partial charge on any atom is 0.224 e. The Balaban J connectivity index is 1.78. The molecule has 0 radical (unpaired) electrons. The molecule has 98 valence electrons. The fourth-order valence-electron chi connectivity index (χ4n) is 2.85. The van der Waals surface area contributed by atoms with Crippen molar-refractivity contribution in [3.63, 3.8) is 0 Å². The van der Waals surface area contributed by atoms with E-state index in [-0.39, 0.29) is 17.6 Å². The average molecular weight is 240 g/mol. The number of aliphatic hydroxyl groups is 1. The third kappa shape index (κ3) is 2.99. The summed E-state index contributed by atoms with van der Waals surface area (Å²) in [6, 6.07) is 0. The maximum atomic E-state index is 12.1. The van der Waals surface area contributed by atoms with E-state index in [9.17, 15) is 9.90 Å². The number of carbonyl (C=O) groups is 1. The van der Waals surface area contributed by atoms with Crippen molar-refractivity contribution < 1.29 is 9.90 Å². The largest absolute Gasteiger partial charge is 0.393 e. The van der Waals surface area contributed by atoms with Crippen LogP contribution in [0.25, 0.3) is 0 Å². The zero-order chi connectivity index (χ0) is 12.5. The lowest BCUT2D eigenvalue weighted by Crippen LogP contribution is -2.51. The van der Waals surface area contributed by atoms with Crippen LogP contribution in [0.3, 0.4) is 0 Å². The molecule has 17 heavy (non-hydrogen) atoms. The molecular formula is C13H24N2O2. The molecular weight excluding hydrogens is 216 g/mol. The van der Waals surface area contributed by atoms with Gasteiger partial charge in [-0.05, 0) is 44.9 Å². The summed E-state index contributed by atoms with van der Waals surface area (Å²) in [6.45, 7) is 3.40. The Morgan fingerprint density at radius 2 is 2.06 bits per heavy atom. The molecule has 2 aliphatic rings. The third-order valence-corrected chi connectivity index (χ3v) is 4.43. The van der Waals surface area contributed by atoms with Crippen LogP contribution in [0.2, 0.25) is 0 Å². The quantitative estimate of drug-likeness (QED) is 0.769. The van der Waals surface area contributed by atoms with E-state index in [2.05, 4.69) is 0 Å². The average Bonchev–Trinajstić information content (AvgIpc) is 2.27. The van der Waals surface area contributed by atoms with Gasteiger partial charge in [0.25, 0.3) is 0 Å². The molecule has 1 aliphatic heterocycles. The summed E-state index contributed by atoms with van der Waals surface area (Å²) >= 11 is 0. The number of rotatable bonds is 3. The van der Waals surface area contributed by atoms with Crippen LogP contribution in [0, 0.1) is 5.92 Å². The lowest BCUT2D eigenvalue weighted by molar-refractivity contribution is -0.135. The summed E-state index contributed by atoms with van der Waals surface area (Å²) in [5, 5.41) is 9.51. The fourth-order valence-corrected chi connectivity index (χ4v) is 2.85. The van der Waals surface area contributed by atoms with Gasteiger partial charge in [-0.2, -0.15) is 0 Å². The zero-order valence-electron chi connectivity index (χ0n) is 10.7. The summed E-state index contributed by atoms with van der Waals surface area (Å²) < 4.78 is 0. The predicted octanol–water partition coefficient (Wildman–Crippen LogP) is 0.877. The monoisotopic (exact) mass is 240 g/mol. The van der Waals surface area contributed by atoms with Gasteiger partial charge < -0.3 is 15.7 Å². The van der Waals surface area contributed by atoms with Gasteiger partial charge in [0.15, 0.2) is 0 Å². The number of hydrogen-bond acceptors (Lipinski definition) is 3. The van der Waals surface area contributed by atoms with Crippen molar-refractivity contribution in [2.45, 2.75) is 57.1 Å². The Hall–Kier alpha value is -0.610. The minimum absolute atomic E-state index is 0.205. The number of nitrogens with zero attached hydrogens (tertiary/aromatic N) is 1. The first-order valence-electron chi connectivity index (χ1n) is 6.75. The van der Waals surface area contributed by atoms with Crippen LogP contribution in [0.5, 0.6) is 0 Å². The highest BCUT2D eigenvalue weighted by molar-refractivity contribution is 5.77. The van der Waals surface area contributed by atoms with Crippen LogP contribution in [0.15, 0.2) is 0 Å². The summed E-state index contributed by atoms with van der Waals surface area (Å²) in [4.78, 5) is 14.0. The molecule has 1 amide bonds. The first kappa shape index (κ1) is 12.8. The van der Waals surface area contributed by atoms with E-state index in [1.165, 1.54) is 0 Å². The molecule has 4 heteroatoms. The van der Waals surface area contributed by atoms with E-state index in [1.54, 1.807) is 0 Å². The van der Waals surface area contributed by atoms with Crippen LogP contribution in [0.4, 0.5) is 0 Å². The number of hydrogen-bond donors (Lipinski definition) is 2. The van der Waals surface area contributed by atoms with Crippen molar-refractivity contribution in [1.82, 2.24) is 4.90 Å². The predicted molar refractivity (Wildman–Crippen MR) is 66.4 cm³/mol. The summed E-state index contributed by atoms with van der Waals surface area (Å²) in [6.07, 6.45) is 5.23. The number of carbonyl (C=O) groups excluding carboxylic acids is 1. The number of aliphatic hydroxyl groups excluding tert-OH is 1. The third-order valence-electron chi connectivity index (χ3n) is 4.43. The number of nitrogens with two attached hydrogens (primary N) is 1. The van der Waals surface area contributed by atoms with Crippen LogP contribution < -0.4 is 5.73 Å². The Kier molecular flexibility index (Phi) is 3.73. The van der Waals surface area contributed by atoms with Crippen LogP contribution in [-0.2, 0) is 4.79 Å². The maximum absolute atomic E-state index is 12.1. The van der Waals surface area contributed by atoms with Gasteiger partial charge >= 0.3 is 0 Å². The van der Waals surface area contributed by atoms with Crippen molar-refractivity contribution in [3.8, 4) is 0 Å². The lowest BCUT2D eigenvalue weighted by atomic mass is 9.75. The van der Waals surface area contributed by atoms with Gasteiger partial charge in [0.05, 0.1) is 6.10 Å². The molecule has 0 aromatic carbocycles. The summed E-state index contributed by atoms with van der Waals surface area (Å²) in [7, 11) is 0. The second-order valence-electron chi connectivity index (χ2n) is 5.85. The molecule has 2 fully saturated rings. The molecule has 1 heterocycles. The number of piperidine rings is 1. The number of amides is 1. The van der Waals surface area contributed by atoms with E-state index in [0.717, 1.165) is 45.2 Å². The molecule has 1 aliphatic carbocycles. The first-order chi connectivity index (χ1) is 8.00. The van der Waals surface area contributed by atoms with Gasteiger partial charge in [-0.25, -0.2) is 0 Å². The molecule has 0 spiro atoms. The smallest absolute Gasteiger partial charge is 0.224 e. The highest BCUT2D eigenvalue weighted by atomic mass is 16.3. The van der Waals surface area contributed by atoms with Gasteiger partial charge in [0.1, 0.15) is 0 Å². The van der Waals surface area contributed by atoms with Crippen LogP contribution in [-0.4, -0.2) is 40.6 Å². The van der Waals surface area contributed by atoms with Crippen LogP contribution in [0.1, 0.15) is 45.4 Å². The van der Waals surface area contributed by atoms with Gasteiger partial charge in [-0.1, -0.05) is 0 Å². The van der Waals surface area contributed by atoms with Gasteiger partial charge in [0.2, 0.25) is 5.91 Å². The Morgan fingerprint density at radius 1 is 1.47 bits per heavy atom. The molecule has 1 saturated heterocycles. The Labute approximate surface area is 103 Å². The van der Waals surface area contributed by atoms with E-state index in [0.29, 0.717) is 12.3 Å². The molecule has 0 bridgehead atoms. The second kappa shape index (κ2) is 4.94. The molecule has 1 saturated carbocycles. The Morgan fingerprint density at radius 3 is 2.47 bits per heavy atom. The van der Waals surface area contributed by atoms with Crippen molar-refractivity contribution in [1.29, 1.82) is 0 Å². The van der Waals surface area contributed by atoms with Crippen molar-refractivity contribution in [2.24, 2.45) is 11.7 Å². The topological polar surface area (TPSA) is 66.6 Å². The summed E-state index contributed by atoms with van der Waals surface area (Å²) in [5.74, 6) is 0.561. The molecule has 1 atom stereocenters. The highest BCUT2D eigenvalue weighted by Gasteiger charge is 2.36. The molecule has 4 nitrogen and oxygen atoms in total. The minimum Gasteiger partial charge on any atom is -0.393 e. The molecule has 0 aromatic heterocycles. The van der Waals surface area contributed by atoms with E-state index >= 15 is 0 Å². The van der Waals surface area contributed by atoms with Crippen molar-refractivity contribution in [3.05, 3.63) is 0 Å². The van der Waals surface area contributed by atoms with Crippen LogP contribution >= 0.6 is 0 Å². The van der Waals surface area contributed by atoms with Crippen molar-refractivity contribution in [2.75, 3.05) is 13.1 Å².